The van der Waals surface area contributed by atoms with Crippen LogP contribution in [-0.2, 0) is 6.18 Å². The summed E-state index contributed by atoms with van der Waals surface area (Å²) in [4.78, 5) is 0. The van der Waals surface area contributed by atoms with E-state index in [4.69, 9.17) is 11.6 Å². The topological polar surface area (TPSA) is 25.8 Å². The molecule has 0 N–H and O–H groups in total. The van der Waals surface area contributed by atoms with Crippen molar-refractivity contribution >= 4 is 11.6 Å². The molecule has 17 heavy (non-hydrogen) atoms. The molecule has 1 heterocycles. The molecular formula is C11H6ClF3N2. The molecule has 0 aliphatic heterocycles. The van der Waals surface area contributed by atoms with Gasteiger partial charge in [-0.2, -0.15) is 18.3 Å². The van der Waals surface area contributed by atoms with Gasteiger partial charge in [0.1, 0.15) is 0 Å². The molecule has 0 unspecified atom stereocenters. The van der Waals surface area contributed by atoms with Gasteiger partial charge in [0, 0.05) is 5.56 Å². The van der Waals surface area contributed by atoms with Gasteiger partial charge in [0.2, 0.25) is 0 Å². The zero-order valence-corrected chi connectivity index (χ0v) is 9.13. The van der Waals surface area contributed by atoms with E-state index in [1.165, 1.54) is 24.4 Å². The predicted molar refractivity (Wildman–Crippen MR) is 57.5 cm³/mol. The number of halogens is 4. The predicted octanol–water partition coefficient (Wildman–Crippen LogP) is 3.82. The number of hydrogen-bond acceptors (Lipinski definition) is 2. The Kier molecular flexibility index (Phi) is 3.02. The Labute approximate surface area is 100 Å². The van der Waals surface area contributed by atoms with Gasteiger partial charge >= 0.3 is 6.18 Å². The van der Waals surface area contributed by atoms with Crippen LogP contribution in [0.3, 0.4) is 0 Å². The van der Waals surface area contributed by atoms with Gasteiger partial charge in [0.25, 0.3) is 0 Å². The first-order chi connectivity index (χ1) is 7.98. The lowest BCUT2D eigenvalue weighted by atomic mass is 10.1. The molecule has 0 spiro atoms. The van der Waals surface area contributed by atoms with E-state index < -0.39 is 11.7 Å². The fourth-order valence-electron chi connectivity index (χ4n) is 1.39. The maximum absolute atomic E-state index is 12.5. The zero-order valence-electron chi connectivity index (χ0n) is 8.37. The van der Waals surface area contributed by atoms with Crippen LogP contribution in [0.4, 0.5) is 13.2 Å². The van der Waals surface area contributed by atoms with E-state index in [-0.39, 0.29) is 5.15 Å². The Hall–Kier alpha value is -1.62. The lowest BCUT2D eigenvalue weighted by molar-refractivity contribution is -0.137. The van der Waals surface area contributed by atoms with E-state index in [9.17, 15) is 13.2 Å². The van der Waals surface area contributed by atoms with E-state index in [2.05, 4.69) is 10.2 Å². The van der Waals surface area contributed by atoms with Gasteiger partial charge in [-0.05, 0) is 23.8 Å². The van der Waals surface area contributed by atoms with E-state index in [1.807, 2.05) is 0 Å². The van der Waals surface area contributed by atoms with E-state index in [1.54, 1.807) is 0 Å². The molecule has 1 aromatic carbocycles. The third kappa shape index (κ3) is 2.55. The molecule has 1 aromatic heterocycles. The zero-order chi connectivity index (χ0) is 12.5. The molecule has 0 bridgehead atoms. The Morgan fingerprint density at radius 3 is 2.53 bits per heavy atom. The van der Waals surface area contributed by atoms with Crippen molar-refractivity contribution in [1.82, 2.24) is 10.2 Å². The van der Waals surface area contributed by atoms with Crippen LogP contribution in [0.2, 0.25) is 5.15 Å². The fourth-order valence-corrected chi connectivity index (χ4v) is 1.61. The highest BCUT2D eigenvalue weighted by Gasteiger charge is 2.30. The van der Waals surface area contributed by atoms with Gasteiger partial charge in [0.05, 0.1) is 11.8 Å². The van der Waals surface area contributed by atoms with E-state index >= 15 is 0 Å². The van der Waals surface area contributed by atoms with Crippen LogP contribution >= 0.6 is 11.6 Å². The summed E-state index contributed by atoms with van der Waals surface area (Å²) in [5.74, 6) is 0. The highest BCUT2D eigenvalue weighted by Crippen LogP contribution is 2.33. The van der Waals surface area contributed by atoms with Crippen molar-refractivity contribution in [2.24, 2.45) is 0 Å². The number of rotatable bonds is 1. The standard InChI is InChI=1S/C11H6ClF3N2/c12-10-9(4-5-16-17-10)7-2-1-3-8(6-7)11(13,14)15/h1-6H. The lowest BCUT2D eigenvalue weighted by Crippen LogP contribution is -2.04. The highest BCUT2D eigenvalue weighted by atomic mass is 35.5. The first-order valence-electron chi connectivity index (χ1n) is 4.63. The summed E-state index contributed by atoms with van der Waals surface area (Å²) in [5.41, 5.74) is 0.0652. The van der Waals surface area contributed by atoms with E-state index in [0.29, 0.717) is 11.1 Å². The summed E-state index contributed by atoms with van der Waals surface area (Å²) < 4.78 is 37.6. The van der Waals surface area contributed by atoms with Crippen molar-refractivity contribution in [1.29, 1.82) is 0 Å². The molecule has 2 nitrogen and oxygen atoms in total. The molecule has 0 radical (unpaired) electrons. The van der Waals surface area contributed by atoms with Gasteiger partial charge < -0.3 is 0 Å². The quantitative estimate of drug-likeness (QED) is 0.777. The van der Waals surface area contributed by atoms with Crippen LogP contribution in [0.5, 0.6) is 0 Å². The average molecular weight is 259 g/mol. The Balaban J connectivity index is 2.51. The summed E-state index contributed by atoms with van der Waals surface area (Å²) in [6.07, 6.45) is -3.00. The van der Waals surface area contributed by atoms with Crippen LogP contribution in [0.25, 0.3) is 11.1 Å². The fraction of sp³-hybridized carbons (Fsp3) is 0.0909. The molecule has 0 atom stereocenters. The Morgan fingerprint density at radius 1 is 1.12 bits per heavy atom. The minimum atomic E-state index is -4.37. The van der Waals surface area contributed by atoms with Crippen LogP contribution in [0.1, 0.15) is 5.56 Å². The Bertz CT molecular complexity index is 540. The van der Waals surface area contributed by atoms with Crippen molar-refractivity contribution in [3.05, 3.63) is 47.2 Å². The molecule has 0 saturated heterocycles. The molecule has 0 aliphatic carbocycles. The van der Waals surface area contributed by atoms with Gasteiger partial charge in [-0.25, -0.2) is 0 Å². The van der Waals surface area contributed by atoms with Crippen LogP contribution in [-0.4, -0.2) is 10.2 Å². The second kappa shape index (κ2) is 4.33. The number of aromatic nitrogens is 2. The molecule has 0 aliphatic rings. The van der Waals surface area contributed by atoms with Crippen LogP contribution in [0.15, 0.2) is 36.5 Å². The molecule has 2 rings (SSSR count). The molecule has 6 heteroatoms. The largest absolute Gasteiger partial charge is 0.416 e. The summed E-state index contributed by atoms with van der Waals surface area (Å²) in [6.45, 7) is 0. The SMILES string of the molecule is FC(F)(F)c1cccc(-c2ccnnc2Cl)c1. The second-order valence-corrected chi connectivity index (χ2v) is 3.67. The number of nitrogens with zero attached hydrogens (tertiary/aromatic N) is 2. The monoisotopic (exact) mass is 258 g/mol. The number of benzene rings is 1. The van der Waals surface area contributed by atoms with Gasteiger partial charge in [0.15, 0.2) is 5.15 Å². The third-order valence-electron chi connectivity index (χ3n) is 2.18. The van der Waals surface area contributed by atoms with E-state index in [0.717, 1.165) is 12.1 Å². The minimum absolute atomic E-state index is 0.0758. The molecular weight excluding hydrogens is 253 g/mol. The van der Waals surface area contributed by atoms with Gasteiger partial charge in [-0.3, -0.25) is 0 Å². The molecule has 0 saturated carbocycles. The van der Waals surface area contributed by atoms with Gasteiger partial charge in [-0.15, -0.1) is 5.10 Å². The van der Waals surface area contributed by atoms with Crippen molar-refractivity contribution in [2.75, 3.05) is 0 Å². The Morgan fingerprint density at radius 2 is 1.88 bits per heavy atom. The maximum Gasteiger partial charge on any atom is 0.416 e. The maximum atomic E-state index is 12.5. The molecule has 0 amide bonds. The summed E-state index contributed by atoms with van der Waals surface area (Å²) in [7, 11) is 0. The van der Waals surface area contributed by atoms with Crippen molar-refractivity contribution < 1.29 is 13.2 Å². The summed E-state index contributed by atoms with van der Waals surface area (Å²) in [6, 6.07) is 6.42. The first-order valence-corrected chi connectivity index (χ1v) is 5.01. The van der Waals surface area contributed by atoms with Crippen LogP contribution in [0, 0.1) is 0 Å². The summed E-state index contributed by atoms with van der Waals surface area (Å²) >= 11 is 5.77. The number of alkyl halides is 3. The van der Waals surface area contributed by atoms with Crippen molar-refractivity contribution in [2.45, 2.75) is 6.18 Å². The number of hydrogen-bond donors (Lipinski definition) is 0. The van der Waals surface area contributed by atoms with Crippen molar-refractivity contribution in [3.63, 3.8) is 0 Å². The third-order valence-corrected chi connectivity index (χ3v) is 2.46. The van der Waals surface area contributed by atoms with Crippen molar-refractivity contribution in [3.8, 4) is 11.1 Å². The minimum Gasteiger partial charge on any atom is -0.166 e. The van der Waals surface area contributed by atoms with Crippen LogP contribution < -0.4 is 0 Å². The normalized spacial score (nSPS) is 11.5. The lowest BCUT2D eigenvalue weighted by Gasteiger charge is -2.09. The first kappa shape index (κ1) is 11.9. The smallest absolute Gasteiger partial charge is 0.166 e. The second-order valence-electron chi connectivity index (χ2n) is 3.31. The molecule has 2 aromatic rings. The molecule has 0 fully saturated rings. The highest BCUT2D eigenvalue weighted by molar-refractivity contribution is 6.32. The van der Waals surface area contributed by atoms with Gasteiger partial charge in [-0.1, -0.05) is 23.7 Å². The molecule has 88 valence electrons. The summed E-state index contributed by atoms with van der Waals surface area (Å²) in [5, 5.41) is 7.19. The average Bonchev–Trinajstić information content (AvgIpc) is 2.29.